The molecule has 0 spiro atoms. The smallest absolute Gasteiger partial charge is 0.0696 e. The first kappa shape index (κ1) is 35.9. The number of nitrogens with zero attached hydrogens (tertiary/aromatic N) is 3. The minimum Gasteiger partial charge on any atom is -0.309 e. The highest BCUT2D eigenvalue weighted by Crippen LogP contribution is 2.40. The molecule has 7 aromatic carbocycles. The van der Waals surface area contributed by atoms with E-state index in [1.54, 1.807) is 0 Å². The maximum absolute atomic E-state index is 4.58. The average molecular weight is 758 g/mol. The van der Waals surface area contributed by atoms with Gasteiger partial charge in [-0.15, -0.1) is 0 Å². The van der Waals surface area contributed by atoms with Crippen molar-refractivity contribution in [1.82, 2.24) is 14.1 Å². The third-order valence-electron chi connectivity index (χ3n) is 11.5. The molecule has 3 nitrogen and oxygen atoms in total. The number of hydrogen-bond acceptors (Lipinski definition) is 1. The second kappa shape index (κ2) is 15.5. The largest absolute Gasteiger partial charge is 0.309 e. The number of fused-ring (bicyclic) bond motifs is 6. The van der Waals surface area contributed by atoms with Crippen LogP contribution in [0, 0.1) is 0 Å². The maximum atomic E-state index is 4.58. The van der Waals surface area contributed by atoms with Gasteiger partial charge in [0, 0.05) is 39.0 Å². The fraction of sp³-hybridized carbons (Fsp3) is 0.0536. The van der Waals surface area contributed by atoms with Crippen LogP contribution in [0.4, 0.5) is 0 Å². The van der Waals surface area contributed by atoms with Gasteiger partial charge in [-0.1, -0.05) is 159 Å². The highest BCUT2D eigenvalue weighted by molar-refractivity contribution is 6.11. The van der Waals surface area contributed by atoms with Gasteiger partial charge in [-0.3, -0.25) is 4.98 Å². The Bertz CT molecular complexity index is 3110. The number of pyridine rings is 1. The Labute approximate surface area is 345 Å². The van der Waals surface area contributed by atoms with Crippen molar-refractivity contribution in [1.29, 1.82) is 0 Å². The summed E-state index contributed by atoms with van der Waals surface area (Å²) >= 11 is 0. The van der Waals surface area contributed by atoms with E-state index < -0.39 is 0 Å². The first-order valence-corrected chi connectivity index (χ1v) is 20.5. The van der Waals surface area contributed by atoms with Gasteiger partial charge in [-0.05, 0) is 101 Å². The summed E-state index contributed by atoms with van der Waals surface area (Å²) in [5.41, 5.74) is 15.9. The van der Waals surface area contributed by atoms with Crippen molar-refractivity contribution >= 4 is 60.3 Å². The molecule has 0 unspecified atom stereocenters. The zero-order chi connectivity index (χ0) is 39.7. The van der Waals surface area contributed by atoms with Gasteiger partial charge in [-0.25, -0.2) is 0 Å². The number of para-hydroxylation sites is 4. The molecule has 0 bridgehead atoms. The van der Waals surface area contributed by atoms with Gasteiger partial charge in [-0.2, -0.15) is 0 Å². The van der Waals surface area contributed by atoms with Crippen molar-refractivity contribution in [2.75, 3.05) is 0 Å². The van der Waals surface area contributed by atoms with E-state index in [0.717, 1.165) is 52.2 Å². The number of hydrogen-bond donors (Lipinski definition) is 0. The minimum absolute atomic E-state index is 0.873. The molecule has 0 N–H and O–H groups in total. The maximum Gasteiger partial charge on any atom is 0.0696 e. The molecule has 0 radical (unpaired) electrons. The molecule has 282 valence electrons. The monoisotopic (exact) mass is 757 g/mol. The Balaban J connectivity index is 1.15. The van der Waals surface area contributed by atoms with E-state index in [0.29, 0.717) is 0 Å². The molecule has 59 heavy (non-hydrogen) atoms. The van der Waals surface area contributed by atoms with E-state index in [1.165, 1.54) is 60.3 Å². The van der Waals surface area contributed by atoms with Crippen molar-refractivity contribution in [2.45, 2.75) is 19.8 Å². The van der Waals surface area contributed by atoms with Crippen LogP contribution >= 0.6 is 0 Å². The quantitative estimate of drug-likeness (QED) is 0.127. The predicted octanol–water partition coefficient (Wildman–Crippen LogP) is 14.9. The molecule has 0 aliphatic heterocycles. The van der Waals surface area contributed by atoms with Crippen molar-refractivity contribution in [3.8, 4) is 22.5 Å². The minimum atomic E-state index is 0.873. The summed E-state index contributed by atoms with van der Waals surface area (Å²) < 4.78 is 4.86. The summed E-state index contributed by atoms with van der Waals surface area (Å²) in [4.78, 5) is 4.58. The molecule has 0 atom stereocenters. The molecule has 3 heteroatoms. The summed E-state index contributed by atoms with van der Waals surface area (Å²) in [5, 5.41) is 5.00. The summed E-state index contributed by atoms with van der Waals surface area (Å²) in [6.07, 6.45) is 8.29. The molecular formula is C56H43N3. The summed E-state index contributed by atoms with van der Waals surface area (Å²) in [5.74, 6) is 0. The van der Waals surface area contributed by atoms with Crippen LogP contribution in [-0.2, 0) is 0 Å². The molecule has 0 fully saturated rings. The lowest BCUT2D eigenvalue weighted by Gasteiger charge is -2.18. The van der Waals surface area contributed by atoms with E-state index in [4.69, 9.17) is 0 Å². The highest BCUT2D eigenvalue weighted by atomic mass is 15.0. The Morgan fingerprint density at radius 3 is 1.63 bits per heavy atom. The standard InChI is InChI=1S/C56H43N3/c1-3-17-43(37-44(40-18-5-4-6-19-40)36-39(2)51-24-15-16-35-57-51)41-29-31-42(32-30-41)50-38-45(58-52-25-11-7-20-46(52)47-21-8-12-26-53(47)58)33-34-56(50)59-54-27-13-9-22-48(54)49-23-10-14-28-55(49)59/h4-16,18-38H,2-3,17H2,1H3/b43-37+,44-36+. The van der Waals surface area contributed by atoms with Crippen LogP contribution in [0.5, 0.6) is 0 Å². The van der Waals surface area contributed by atoms with Crippen LogP contribution in [0.15, 0.2) is 213 Å². The lowest BCUT2D eigenvalue weighted by Crippen LogP contribution is -2.01. The zero-order valence-corrected chi connectivity index (χ0v) is 33.1. The van der Waals surface area contributed by atoms with Crippen molar-refractivity contribution in [3.63, 3.8) is 0 Å². The Morgan fingerprint density at radius 2 is 1.07 bits per heavy atom. The first-order valence-electron chi connectivity index (χ1n) is 20.5. The number of benzene rings is 7. The number of allylic oxidation sites excluding steroid dienone is 5. The van der Waals surface area contributed by atoms with E-state index in [9.17, 15) is 0 Å². The molecule has 0 aliphatic carbocycles. The number of rotatable bonds is 10. The van der Waals surface area contributed by atoms with Gasteiger partial charge in [0.2, 0.25) is 0 Å². The van der Waals surface area contributed by atoms with Crippen LogP contribution < -0.4 is 0 Å². The van der Waals surface area contributed by atoms with Gasteiger partial charge >= 0.3 is 0 Å². The van der Waals surface area contributed by atoms with E-state index in [-0.39, 0.29) is 0 Å². The molecule has 3 heterocycles. The summed E-state index contributed by atoms with van der Waals surface area (Å²) in [6.45, 7) is 6.66. The Hall–Kier alpha value is -7.49. The van der Waals surface area contributed by atoms with Crippen LogP contribution in [0.3, 0.4) is 0 Å². The SMILES string of the molecule is C=C(/C=C(\C=C(/CCC)c1ccc(-c2cc(-n3c4ccccc4c4ccccc43)ccc2-n2c3ccccc3c3ccccc32)cc1)c1ccccc1)c1ccccn1. The third-order valence-corrected chi connectivity index (χ3v) is 11.5. The van der Waals surface area contributed by atoms with Crippen LogP contribution in [0.2, 0.25) is 0 Å². The Morgan fingerprint density at radius 1 is 0.525 bits per heavy atom. The molecule has 3 aromatic heterocycles. The zero-order valence-electron chi connectivity index (χ0n) is 33.1. The normalized spacial score (nSPS) is 12.2. The van der Waals surface area contributed by atoms with Gasteiger partial charge in [0.25, 0.3) is 0 Å². The highest BCUT2D eigenvalue weighted by Gasteiger charge is 2.19. The van der Waals surface area contributed by atoms with Crippen LogP contribution in [0.1, 0.15) is 36.6 Å². The molecule has 0 saturated carbocycles. The second-order valence-corrected chi connectivity index (χ2v) is 15.1. The van der Waals surface area contributed by atoms with Crippen LogP contribution in [-0.4, -0.2) is 14.1 Å². The van der Waals surface area contributed by atoms with Crippen molar-refractivity contribution in [2.24, 2.45) is 0 Å². The molecule has 10 rings (SSSR count). The average Bonchev–Trinajstić information content (AvgIpc) is 3.82. The fourth-order valence-electron chi connectivity index (χ4n) is 8.75. The predicted molar refractivity (Wildman–Crippen MR) is 251 cm³/mol. The molecule has 0 saturated heterocycles. The van der Waals surface area contributed by atoms with E-state index >= 15 is 0 Å². The molecule has 0 amide bonds. The van der Waals surface area contributed by atoms with Crippen molar-refractivity contribution in [3.05, 3.63) is 230 Å². The van der Waals surface area contributed by atoms with Gasteiger partial charge in [0.15, 0.2) is 0 Å². The summed E-state index contributed by atoms with van der Waals surface area (Å²) in [7, 11) is 0. The molecule has 0 aliphatic rings. The second-order valence-electron chi connectivity index (χ2n) is 15.1. The van der Waals surface area contributed by atoms with Gasteiger partial charge in [0.05, 0.1) is 33.4 Å². The molecule has 10 aromatic rings. The van der Waals surface area contributed by atoms with Crippen molar-refractivity contribution < 1.29 is 0 Å². The Kier molecular flexibility index (Phi) is 9.40. The van der Waals surface area contributed by atoms with Gasteiger partial charge < -0.3 is 9.13 Å². The first-order chi connectivity index (χ1) is 29.2. The third kappa shape index (κ3) is 6.57. The molecular weight excluding hydrogens is 715 g/mol. The van der Waals surface area contributed by atoms with Gasteiger partial charge in [0.1, 0.15) is 0 Å². The van der Waals surface area contributed by atoms with E-state index in [2.05, 4.69) is 210 Å². The lowest BCUT2D eigenvalue weighted by atomic mass is 9.93. The van der Waals surface area contributed by atoms with Crippen LogP contribution in [0.25, 0.3) is 82.8 Å². The topological polar surface area (TPSA) is 22.8 Å². The lowest BCUT2D eigenvalue weighted by molar-refractivity contribution is 0.973. The summed E-state index contributed by atoms with van der Waals surface area (Å²) in [6, 6.07) is 67.7. The fourth-order valence-corrected chi connectivity index (χ4v) is 8.75. The number of aromatic nitrogens is 3. The van der Waals surface area contributed by atoms with E-state index in [1.807, 2.05) is 24.4 Å².